The van der Waals surface area contributed by atoms with Gasteiger partial charge in [0.1, 0.15) is 18.2 Å². The second-order valence-electron chi connectivity index (χ2n) is 3.62. The lowest BCUT2D eigenvalue weighted by Crippen LogP contribution is -2.24. The van der Waals surface area contributed by atoms with Gasteiger partial charge in [-0.3, -0.25) is 4.79 Å². The van der Waals surface area contributed by atoms with E-state index in [0.717, 1.165) is 12.1 Å². The molecule has 0 fully saturated rings. The molecule has 0 aliphatic carbocycles. The Bertz CT molecular complexity index is 651. The van der Waals surface area contributed by atoms with Crippen LogP contribution < -0.4 is 0 Å². The number of alkyl halides is 3. The van der Waals surface area contributed by atoms with Crippen molar-refractivity contribution in [3.8, 4) is 0 Å². The Labute approximate surface area is 116 Å². The summed E-state index contributed by atoms with van der Waals surface area (Å²) in [5, 5.41) is 0. The van der Waals surface area contributed by atoms with Gasteiger partial charge in [-0.1, -0.05) is 18.7 Å². The third-order valence-electron chi connectivity index (χ3n) is 2.18. The molecular formula is C11H8F4O5S. The third-order valence-corrected chi connectivity index (χ3v) is 3.16. The van der Waals surface area contributed by atoms with Crippen molar-refractivity contribution < 1.29 is 39.7 Å². The molecule has 0 unspecified atom stereocenters. The number of carbonyl (C=O) groups excluding carboxylic acids is 1. The van der Waals surface area contributed by atoms with E-state index in [4.69, 9.17) is 0 Å². The molecule has 0 spiro atoms. The molecule has 0 radical (unpaired) electrons. The zero-order valence-electron chi connectivity index (χ0n) is 10.2. The fourth-order valence-corrected chi connectivity index (χ4v) is 1.64. The van der Waals surface area contributed by atoms with E-state index in [9.17, 15) is 30.8 Å². The van der Waals surface area contributed by atoms with Crippen LogP contribution in [0.4, 0.5) is 17.6 Å². The lowest BCUT2D eigenvalue weighted by Gasteiger charge is -2.12. The highest BCUT2D eigenvalue weighted by Crippen LogP contribution is 2.29. The van der Waals surface area contributed by atoms with E-state index in [-0.39, 0.29) is 24.2 Å². The van der Waals surface area contributed by atoms with E-state index in [1.807, 2.05) is 0 Å². The minimum absolute atomic E-state index is 0.0580. The maximum absolute atomic E-state index is 13.5. The van der Waals surface area contributed by atoms with Crippen LogP contribution in [0.2, 0.25) is 0 Å². The van der Waals surface area contributed by atoms with Gasteiger partial charge >= 0.3 is 15.6 Å². The lowest BCUT2D eigenvalue weighted by molar-refractivity contribution is -0.129. The number of hydrogen-bond donors (Lipinski definition) is 0. The van der Waals surface area contributed by atoms with Gasteiger partial charge in [0.05, 0.1) is 0 Å². The van der Waals surface area contributed by atoms with Crippen LogP contribution in [0.3, 0.4) is 0 Å². The van der Waals surface area contributed by atoms with E-state index in [0.29, 0.717) is 6.07 Å². The average Bonchev–Trinajstić information content (AvgIpc) is 2.35. The molecule has 0 saturated carbocycles. The Kier molecular flexibility index (Phi) is 4.94. The van der Waals surface area contributed by atoms with E-state index >= 15 is 0 Å². The van der Waals surface area contributed by atoms with E-state index < -0.39 is 27.2 Å². The molecule has 0 aliphatic rings. The number of rotatable bonds is 6. The maximum atomic E-state index is 13.5. The van der Waals surface area contributed by atoms with Gasteiger partial charge in [0.15, 0.2) is 0 Å². The highest BCUT2D eigenvalue weighted by atomic mass is 32.2. The summed E-state index contributed by atoms with van der Waals surface area (Å²) in [5.74, 6) is -1.82. The van der Waals surface area contributed by atoms with Gasteiger partial charge in [-0.15, -0.1) is 0 Å². The molecule has 0 heterocycles. The van der Waals surface area contributed by atoms with Gasteiger partial charge in [0, 0.05) is 11.1 Å². The van der Waals surface area contributed by atoms with Crippen molar-refractivity contribution in [2.45, 2.75) is 12.1 Å². The minimum Gasteiger partial charge on any atom is -0.463 e. The molecule has 10 heteroatoms. The minimum atomic E-state index is -5.88. The molecule has 116 valence electrons. The molecule has 1 rings (SSSR count). The summed E-state index contributed by atoms with van der Waals surface area (Å²) in [6.07, 6.45) is 0. The quantitative estimate of drug-likeness (QED) is 0.264. The smallest absolute Gasteiger partial charge is 0.463 e. The Balaban J connectivity index is 2.95. The van der Waals surface area contributed by atoms with Gasteiger partial charge in [-0.2, -0.15) is 21.6 Å². The molecule has 5 nitrogen and oxygen atoms in total. The normalized spacial score (nSPS) is 11.8. The number of halogens is 4. The summed E-state index contributed by atoms with van der Waals surface area (Å²) in [7, 11) is -5.88. The Morgan fingerprint density at radius 3 is 2.43 bits per heavy atom. The van der Waals surface area contributed by atoms with Gasteiger partial charge in [-0.25, -0.2) is 4.39 Å². The highest BCUT2D eigenvalue weighted by Gasteiger charge is 2.48. The Hall–Kier alpha value is -2.10. The van der Waals surface area contributed by atoms with E-state index in [1.54, 1.807) is 0 Å². The molecule has 0 N–H and O–H groups in total. The first kappa shape index (κ1) is 17.0. The fraction of sp³-hybridized carbons (Fsp3) is 0.182. The van der Waals surface area contributed by atoms with Crippen molar-refractivity contribution in [3.05, 3.63) is 41.7 Å². The summed E-state index contributed by atoms with van der Waals surface area (Å²) in [6.45, 7) is 2.70. The summed E-state index contributed by atoms with van der Waals surface area (Å²) < 4.78 is 79.5. The van der Waals surface area contributed by atoms with Crippen molar-refractivity contribution in [1.29, 1.82) is 0 Å². The fourth-order valence-electron chi connectivity index (χ4n) is 1.19. The molecule has 0 saturated heterocycles. The molecule has 21 heavy (non-hydrogen) atoms. The topological polar surface area (TPSA) is 69.7 Å². The predicted molar refractivity (Wildman–Crippen MR) is 62.3 cm³/mol. The van der Waals surface area contributed by atoms with Crippen LogP contribution in [-0.4, -0.2) is 20.4 Å². The first-order chi connectivity index (χ1) is 9.58. The number of ether oxygens (including phenoxy) is 1. The maximum Gasteiger partial charge on any atom is 0.534 e. The molecule has 0 bridgehead atoms. The van der Waals surface area contributed by atoms with Gasteiger partial charge in [-0.05, 0) is 6.07 Å². The van der Waals surface area contributed by atoms with Crippen molar-refractivity contribution in [2.24, 2.45) is 0 Å². The Morgan fingerprint density at radius 2 is 1.95 bits per heavy atom. The monoisotopic (exact) mass is 328 g/mol. The van der Waals surface area contributed by atoms with Crippen LogP contribution in [0.15, 0.2) is 24.8 Å². The van der Waals surface area contributed by atoms with E-state index in [2.05, 4.69) is 15.5 Å². The first-order valence-corrected chi connectivity index (χ1v) is 6.53. The van der Waals surface area contributed by atoms with Gasteiger partial charge < -0.3 is 8.92 Å². The van der Waals surface area contributed by atoms with E-state index in [1.165, 1.54) is 0 Å². The number of carbonyl (C=O) groups is 1. The van der Waals surface area contributed by atoms with Crippen LogP contribution >= 0.6 is 0 Å². The standard InChI is InChI=1S/C11H8F4O5S/c1-7(20-21(17,18)11(13,14)15)8-2-3-9(5-19-6-16)10(12)4-8/h2-4,6H,1,5H2. The second kappa shape index (κ2) is 6.12. The van der Waals surface area contributed by atoms with Crippen LogP contribution in [0.5, 0.6) is 0 Å². The highest BCUT2D eigenvalue weighted by molar-refractivity contribution is 7.87. The Morgan fingerprint density at radius 1 is 1.33 bits per heavy atom. The van der Waals surface area contributed by atoms with Crippen molar-refractivity contribution in [2.75, 3.05) is 0 Å². The average molecular weight is 328 g/mol. The summed E-state index contributed by atoms with van der Waals surface area (Å²) in [4.78, 5) is 9.96. The van der Waals surface area contributed by atoms with Crippen LogP contribution in [-0.2, 0) is 30.4 Å². The van der Waals surface area contributed by atoms with Gasteiger partial charge in [0.25, 0.3) is 6.47 Å². The molecule has 0 amide bonds. The van der Waals surface area contributed by atoms with Crippen LogP contribution in [0.25, 0.3) is 5.76 Å². The second-order valence-corrected chi connectivity index (χ2v) is 5.16. The summed E-state index contributed by atoms with van der Waals surface area (Å²) in [6, 6.07) is 2.86. The zero-order chi connectivity index (χ0) is 16.3. The lowest BCUT2D eigenvalue weighted by atomic mass is 10.1. The van der Waals surface area contributed by atoms with Gasteiger partial charge in [0.2, 0.25) is 0 Å². The van der Waals surface area contributed by atoms with Crippen molar-refractivity contribution in [3.63, 3.8) is 0 Å². The molecule has 1 aromatic carbocycles. The largest absolute Gasteiger partial charge is 0.534 e. The molecule has 0 aromatic heterocycles. The predicted octanol–water partition coefficient (Wildman–Crippen LogP) is 2.34. The SMILES string of the molecule is C=C(OS(=O)(=O)C(F)(F)F)c1ccc(COC=O)c(F)c1. The third kappa shape index (κ3) is 4.18. The van der Waals surface area contributed by atoms with Crippen molar-refractivity contribution >= 4 is 22.3 Å². The first-order valence-electron chi connectivity index (χ1n) is 5.12. The zero-order valence-corrected chi connectivity index (χ0v) is 11.0. The summed E-state index contributed by atoms with van der Waals surface area (Å²) in [5.41, 5.74) is -5.99. The molecule has 0 atom stereocenters. The molecular weight excluding hydrogens is 320 g/mol. The van der Waals surface area contributed by atoms with Crippen LogP contribution in [0.1, 0.15) is 11.1 Å². The molecule has 1 aromatic rings. The number of hydrogen-bond acceptors (Lipinski definition) is 5. The molecule has 0 aliphatic heterocycles. The van der Waals surface area contributed by atoms with Crippen LogP contribution in [0, 0.1) is 5.82 Å². The number of benzene rings is 1. The summed E-state index contributed by atoms with van der Waals surface area (Å²) >= 11 is 0. The van der Waals surface area contributed by atoms with Crippen molar-refractivity contribution in [1.82, 2.24) is 0 Å².